The van der Waals surface area contributed by atoms with Crippen molar-refractivity contribution in [1.29, 1.82) is 0 Å². The minimum Gasteiger partial charge on any atom is -0.433 e. The minimum atomic E-state index is -1.32. The summed E-state index contributed by atoms with van der Waals surface area (Å²) in [6.45, 7) is 10.3. The number of anilines is 1. The van der Waals surface area contributed by atoms with E-state index in [-0.39, 0.29) is 41.8 Å². The highest BCUT2D eigenvalue weighted by Crippen LogP contribution is 2.37. The van der Waals surface area contributed by atoms with Crippen LogP contribution in [0.15, 0.2) is 52.3 Å². The molecule has 2 aliphatic rings. The molecule has 0 bridgehead atoms. The second-order valence-electron chi connectivity index (χ2n) is 13.3. The van der Waals surface area contributed by atoms with Gasteiger partial charge in [0.05, 0.1) is 6.04 Å². The lowest BCUT2D eigenvalue weighted by atomic mass is 9.96. The number of hydrogen-bond acceptors (Lipinski definition) is 10. The molecule has 2 saturated heterocycles. The second kappa shape index (κ2) is 12.9. The first-order valence-corrected chi connectivity index (χ1v) is 16.7. The lowest BCUT2D eigenvalue weighted by molar-refractivity contribution is -0.117. The van der Waals surface area contributed by atoms with E-state index in [0.29, 0.717) is 37.3 Å². The summed E-state index contributed by atoms with van der Waals surface area (Å²) in [5, 5.41) is 14.4. The van der Waals surface area contributed by atoms with Gasteiger partial charge in [0.1, 0.15) is 16.5 Å². The molecule has 1 N–H and O–H groups in total. The molecule has 2 fully saturated rings. The third-order valence-corrected chi connectivity index (χ3v) is 9.18. The molecule has 13 heteroatoms. The predicted molar refractivity (Wildman–Crippen MR) is 176 cm³/mol. The molecule has 5 heterocycles. The van der Waals surface area contributed by atoms with Crippen LogP contribution in [0.2, 0.25) is 0 Å². The smallest absolute Gasteiger partial charge is 0.408 e. The molecule has 2 aliphatic heterocycles. The van der Waals surface area contributed by atoms with E-state index in [1.54, 1.807) is 40.2 Å². The van der Waals surface area contributed by atoms with Crippen molar-refractivity contribution in [3.8, 4) is 11.5 Å². The van der Waals surface area contributed by atoms with Crippen molar-refractivity contribution in [2.45, 2.75) is 83.9 Å². The molecule has 4 aromatic rings. The summed E-state index contributed by atoms with van der Waals surface area (Å²) in [7, 11) is 0. The fourth-order valence-corrected chi connectivity index (χ4v) is 6.89. The molecule has 3 aromatic heterocycles. The van der Waals surface area contributed by atoms with Gasteiger partial charge in [-0.1, -0.05) is 30.3 Å². The zero-order valence-corrected chi connectivity index (χ0v) is 28.1. The maximum absolute atomic E-state index is 14.1. The van der Waals surface area contributed by atoms with Gasteiger partial charge >= 0.3 is 6.09 Å². The number of aryl methyl sites for hydroxylation is 1. The van der Waals surface area contributed by atoms with Gasteiger partial charge in [0.25, 0.3) is 11.8 Å². The van der Waals surface area contributed by atoms with Crippen LogP contribution < -0.4 is 10.2 Å². The Morgan fingerprint density at radius 3 is 2.53 bits per heavy atom. The number of alkyl carbamates (subject to hydrolysis) is 1. The van der Waals surface area contributed by atoms with Gasteiger partial charge in [-0.15, -0.1) is 21.5 Å². The number of rotatable bonds is 8. The third kappa shape index (κ3) is 7.19. The number of likely N-dealkylation sites (tertiary alicyclic amines) is 1. The third-order valence-electron chi connectivity index (χ3n) is 8.12. The fraction of sp³-hybridized carbons (Fsp3) is 0.441. The van der Waals surface area contributed by atoms with Crippen LogP contribution in [0.5, 0.6) is 0 Å². The Morgan fingerprint density at radius 1 is 1.06 bits per heavy atom. The van der Waals surface area contributed by atoms with Gasteiger partial charge in [-0.2, -0.15) is 0 Å². The molecule has 2 atom stereocenters. The van der Waals surface area contributed by atoms with Crippen LogP contribution in [0.1, 0.15) is 92.1 Å². The Balaban J connectivity index is 1.37. The topological polar surface area (TPSA) is 144 Å². The van der Waals surface area contributed by atoms with Crippen molar-refractivity contribution in [2.75, 3.05) is 18.0 Å². The summed E-state index contributed by atoms with van der Waals surface area (Å²) in [6.07, 6.45) is 2.41. The van der Waals surface area contributed by atoms with Crippen LogP contribution in [0.25, 0.3) is 11.5 Å². The summed E-state index contributed by atoms with van der Waals surface area (Å²) in [5.41, 5.74) is 0.576. The molecule has 0 saturated carbocycles. The van der Waals surface area contributed by atoms with Crippen molar-refractivity contribution in [3.05, 3.63) is 75.7 Å². The normalized spacial score (nSPS) is 18.0. The van der Waals surface area contributed by atoms with Gasteiger partial charge in [-0.05, 0) is 71.6 Å². The minimum absolute atomic E-state index is 0.0646. The first-order valence-electron chi connectivity index (χ1n) is 15.8. The van der Waals surface area contributed by atoms with Gasteiger partial charge in [0, 0.05) is 48.1 Å². The van der Waals surface area contributed by atoms with Crippen LogP contribution in [0.3, 0.4) is 0 Å². The number of amides is 3. The number of carbonyl (C=O) groups is 3. The average molecular weight is 658 g/mol. The van der Waals surface area contributed by atoms with Crippen LogP contribution in [0.4, 0.5) is 10.6 Å². The quantitative estimate of drug-likeness (QED) is 0.242. The van der Waals surface area contributed by atoms with Crippen molar-refractivity contribution < 1.29 is 23.5 Å². The number of benzene rings is 1. The van der Waals surface area contributed by atoms with Crippen LogP contribution >= 0.6 is 11.3 Å². The van der Waals surface area contributed by atoms with Crippen molar-refractivity contribution >= 4 is 35.1 Å². The van der Waals surface area contributed by atoms with Gasteiger partial charge < -0.3 is 19.4 Å². The number of nitrogens with zero attached hydrogens (tertiary/aromatic N) is 6. The zero-order chi connectivity index (χ0) is 33.3. The number of nitrogens with one attached hydrogen (secondary N) is 1. The Morgan fingerprint density at radius 2 is 1.85 bits per heavy atom. The maximum atomic E-state index is 14.1. The van der Waals surface area contributed by atoms with E-state index in [0.717, 1.165) is 29.1 Å². The molecule has 0 spiro atoms. The number of ether oxygens (including phenoxy) is 1. The summed E-state index contributed by atoms with van der Waals surface area (Å²) in [6, 6.07) is 12.7. The second-order valence-corrected chi connectivity index (χ2v) is 14.2. The molecule has 0 radical (unpaired) electrons. The monoisotopic (exact) mass is 657 g/mol. The fourth-order valence-electron chi connectivity index (χ4n) is 5.95. The molecule has 246 valence electrons. The Bertz CT molecular complexity index is 1780. The van der Waals surface area contributed by atoms with Crippen LogP contribution in [-0.2, 0) is 21.6 Å². The average Bonchev–Trinajstić information content (AvgIpc) is 3.83. The number of thiazole rings is 1. The number of hydrogen-bond donors (Lipinski definition) is 1. The molecule has 0 unspecified atom stereocenters. The molecule has 3 amide bonds. The van der Waals surface area contributed by atoms with Gasteiger partial charge in [-0.3, -0.25) is 14.5 Å². The predicted octanol–water partition coefficient (Wildman–Crippen LogP) is 5.98. The first kappa shape index (κ1) is 32.3. The number of pyridine rings is 1. The molecule has 12 nitrogen and oxygen atoms in total. The summed E-state index contributed by atoms with van der Waals surface area (Å²) in [5.74, 6) is 0.220. The van der Waals surface area contributed by atoms with Crippen LogP contribution in [0, 0.1) is 6.92 Å². The highest BCUT2D eigenvalue weighted by Gasteiger charge is 2.39. The summed E-state index contributed by atoms with van der Waals surface area (Å²) < 4.78 is 12.2. The summed E-state index contributed by atoms with van der Waals surface area (Å²) >= 11 is 1.55. The van der Waals surface area contributed by atoms with E-state index < -0.39 is 17.2 Å². The van der Waals surface area contributed by atoms with Gasteiger partial charge in [0.2, 0.25) is 11.8 Å². The molecule has 6 rings (SSSR count). The molecular formula is C34H39N7O5S. The lowest BCUT2D eigenvalue weighted by Crippen LogP contribution is -2.45. The molecular weight excluding hydrogens is 618 g/mol. The number of aromatic nitrogens is 4. The Labute approximate surface area is 277 Å². The van der Waals surface area contributed by atoms with E-state index in [1.165, 1.54) is 0 Å². The van der Waals surface area contributed by atoms with E-state index in [4.69, 9.17) is 9.15 Å². The highest BCUT2D eigenvalue weighted by atomic mass is 32.1. The molecule has 0 aliphatic carbocycles. The van der Waals surface area contributed by atoms with Gasteiger partial charge in [-0.25, -0.2) is 14.8 Å². The summed E-state index contributed by atoms with van der Waals surface area (Å²) in [4.78, 5) is 52.6. The lowest BCUT2D eigenvalue weighted by Gasteiger charge is -2.29. The largest absolute Gasteiger partial charge is 0.433 e. The van der Waals surface area contributed by atoms with Crippen molar-refractivity contribution in [3.63, 3.8) is 0 Å². The Kier molecular flexibility index (Phi) is 8.84. The van der Waals surface area contributed by atoms with E-state index in [9.17, 15) is 14.4 Å². The zero-order valence-electron chi connectivity index (χ0n) is 27.3. The molecule has 47 heavy (non-hydrogen) atoms. The standard InChI is InChI=1S/C34H39N7O5S/c1-21-20-47-29(35-21)25-13-9-15-40(25)30(43)24-17-23(18-26(36-24)41-16-10-14-27(41)42)28-38-39-31(45-28)34(5,19-22-11-7-6-8-12-22)46-32(44)37-33(2,3)4/h6-8,11-12,17-18,20,25H,9-10,13-16,19H2,1-5H3,(H,37,44)/t25-,34-/m1/s1. The van der Waals surface area contributed by atoms with Gasteiger partial charge in [0.15, 0.2) is 5.60 Å². The SMILES string of the molecule is Cc1csc([C@H]2CCCN2C(=O)c2cc(-c3nnc([C@@](C)(Cc4ccccc4)OC(=O)NC(C)(C)C)o3)cc(N3CCCC3=O)n2)n1. The van der Waals surface area contributed by atoms with E-state index >= 15 is 0 Å². The number of carbonyl (C=O) groups excluding carboxylic acids is 3. The Hall–Kier alpha value is -4.65. The van der Waals surface area contributed by atoms with E-state index in [1.807, 2.05) is 63.4 Å². The maximum Gasteiger partial charge on any atom is 0.408 e. The van der Waals surface area contributed by atoms with Crippen molar-refractivity contribution in [1.82, 2.24) is 30.4 Å². The highest BCUT2D eigenvalue weighted by molar-refractivity contribution is 7.09. The first-order chi connectivity index (χ1) is 22.4. The van der Waals surface area contributed by atoms with Crippen molar-refractivity contribution in [2.24, 2.45) is 0 Å². The molecule has 1 aromatic carbocycles. The van der Waals surface area contributed by atoms with E-state index in [2.05, 4.69) is 25.5 Å². The van der Waals surface area contributed by atoms with Crippen LogP contribution in [-0.4, -0.2) is 61.6 Å².